The Kier molecular flexibility index (Phi) is 3.22. The summed E-state index contributed by atoms with van der Waals surface area (Å²) >= 11 is 6.17. The Hall–Kier alpha value is -0.800. The largest absolute Gasteiger partial charge is 0.491 e. The highest BCUT2D eigenvalue weighted by Crippen LogP contribution is 2.54. The molecular weight excluding hydrogens is 265 g/mol. The maximum absolute atomic E-state index is 13.7. The molecule has 2 nitrogen and oxygen atoms in total. The average molecular weight is 284 g/mol. The van der Waals surface area contributed by atoms with Crippen LogP contribution in [0, 0.1) is 11.7 Å². The Morgan fingerprint density at radius 1 is 1.47 bits per heavy atom. The van der Waals surface area contributed by atoms with Crippen molar-refractivity contribution in [2.45, 2.75) is 44.1 Å². The fourth-order valence-electron chi connectivity index (χ4n) is 2.67. The maximum atomic E-state index is 13.7. The normalized spacial score (nSPS) is 22.1. The minimum atomic E-state index is -0.314. The molecule has 1 unspecified atom stereocenters. The van der Waals surface area contributed by atoms with Crippen LogP contribution >= 0.6 is 11.6 Å². The van der Waals surface area contributed by atoms with E-state index in [1.165, 1.54) is 18.9 Å². The van der Waals surface area contributed by atoms with Crippen LogP contribution in [0.25, 0.3) is 0 Å². The van der Waals surface area contributed by atoms with Crippen molar-refractivity contribution in [1.29, 1.82) is 0 Å². The molecule has 2 fully saturated rings. The van der Waals surface area contributed by atoms with E-state index in [1.54, 1.807) is 6.07 Å². The predicted molar refractivity (Wildman–Crippen MR) is 74.2 cm³/mol. The van der Waals surface area contributed by atoms with E-state index in [9.17, 15) is 4.39 Å². The molecule has 4 heteroatoms. The molecule has 0 spiro atoms. The number of rotatable bonds is 5. The van der Waals surface area contributed by atoms with Crippen LogP contribution in [-0.4, -0.2) is 12.6 Å². The van der Waals surface area contributed by atoms with Gasteiger partial charge in [0.2, 0.25) is 0 Å². The molecule has 0 radical (unpaired) electrons. The predicted octanol–water partition coefficient (Wildman–Crippen LogP) is 3.65. The summed E-state index contributed by atoms with van der Waals surface area (Å²) in [5, 5.41) is 0.363. The fraction of sp³-hybridized carbons (Fsp3) is 0.600. The maximum Gasteiger partial charge on any atom is 0.141 e. The molecule has 0 aromatic heterocycles. The summed E-state index contributed by atoms with van der Waals surface area (Å²) in [6.45, 7) is 2.64. The molecular formula is C15H19ClFNO. The highest BCUT2D eigenvalue weighted by Gasteiger charge is 2.49. The van der Waals surface area contributed by atoms with Crippen molar-refractivity contribution < 1.29 is 9.13 Å². The van der Waals surface area contributed by atoms with Gasteiger partial charge in [-0.05, 0) is 50.7 Å². The zero-order chi connectivity index (χ0) is 13.6. The van der Waals surface area contributed by atoms with Crippen molar-refractivity contribution in [3.63, 3.8) is 0 Å². The van der Waals surface area contributed by atoms with Gasteiger partial charge in [0, 0.05) is 17.0 Å². The van der Waals surface area contributed by atoms with E-state index in [4.69, 9.17) is 22.1 Å². The summed E-state index contributed by atoms with van der Waals surface area (Å²) in [7, 11) is 0. The molecule has 2 saturated carbocycles. The number of nitrogens with two attached hydrogens (primary N) is 1. The number of halogens is 2. The lowest BCUT2D eigenvalue weighted by Crippen LogP contribution is -2.32. The molecule has 104 valence electrons. The van der Waals surface area contributed by atoms with Gasteiger partial charge >= 0.3 is 0 Å². The summed E-state index contributed by atoms with van der Waals surface area (Å²) in [5.41, 5.74) is 6.79. The van der Waals surface area contributed by atoms with Gasteiger partial charge in [-0.25, -0.2) is 4.39 Å². The van der Waals surface area contributed by atoms with E-state index >= 15 is 0 Å². The summed E-state index contributed by atoms with van der Waals surface area (Å²) in [6, 6.07) is 2.85. The Bertz CT molecular complexity index is 495. The van der Waals surface area contributed by atoms with Crippen LogP contribution in [0.15, 0.2) is 12.1 Å². The van der Waals surface area contributed by atoms with Crippen LogP contribution in [0.5, 0.6) is 5.75 Å². The highest BCUT2D eigenvalue weighted by atomic mass is 35.5. The Labute approximate surface area is 118 Å². The fourth-order valence-corrected chi connectivity index (χ4v) is 2.93. The van der Waals surface area contributed by atoms with Crippen LogP contribution in [0.4, 0.5) is 4.39 Å². The lowest BCUT2D eigenvalue weighted by molar-refractivity contribution is 0.292. The van der Waals surface area contributed by atoms with Crippen LogP contribution in [0.1, 0.15) is 38.2 Å². The topological polar surface area (TPSA) is 35.2 Å². The van der Waals surface area contributed by atoms with Gasteiger partial charge in [-0.3, -0.25) is 0 Å². The van der Waals surface area contributed by atoms with E-state index < -0.39 is 0 Å². The second kappa shape index (κ2) is 4.64. The van der Waals surface area contributed by atoms with E-state index in [0.717, 1.165) is 18.4 Å². The van der Waals surface area contributed by atoms with Crippen molar-refractivity contribution in [1.82, 2.24) is 0 Å². The van der Waals surface area contributed by atoms with E-state index in [0.29, 0.717) is 23.3 Å². The second-order valence-electron chi connectivity index (χ2n) is 5.96. The first-order valence-electron chi connectivity index (χ1n) is 6.91. The Morgan fingerprint density at radius 3 is 2.68 bits per heavy atom. The molecule has 0 amide bonds. The first-order chi connectivity index (χ1) is 9.03. The smallest absolute Gasteiger partial charge is 0.141 e. The summed E-state index contributed by atoms with van der Waals surface area (Å²) in [5.74, 6) is 0.967. The van der Waals surface area contributed by atoms with Crippen LogP contribution < -0.4 is 10.5 Å². The number of benzene rings is 1. The molecule has 1 aromatic carbocycles. The Balaban J connectivity index is 1.95. The van der Waals surface area contributed by atoms with Crippen molar-refractivity contribution in [3.05, 3.63) is 28.5 Å². The first-order valence-corrected chi connectivity index (χ1v) is 7.28. The summed E-state index contributed by atoms with van der Waals surface area (Å²) in [6.07, 6.45) is 4.38. The zero-order valence-corrected chi connectivity index (χ0v) is 11.8. The van der Waals surface area contributed by atoms with Crippen LogP contribution in [-0.2, 0) is 5.41 Å². The minimum absolute atomic E-state index is 0.0198. The molecule has 0 saturated heterocycles. The molecule has 1 atom stereocenters. The second-order valence-corrected chi connectivity index (χ2v) is 6.37. The van der Waals surface area contributed by atoms with Gasteiger partial charge in [0.15, 0.2) is 0 Å². The minimum Gasteiger partial charge on any atom is -0.491 e. The van der Waals surface area contributed by atoms with Crippen LogP contribution in [0.3, 0.4) is 0 Å². The zero-order valence-electron chi connectivity index (χ0n) is 11.1. The molecule has 2 aliphatic rings. The van der Waals surface area contributed by atoms with Crippen molar-refractivity contribution in [2.75, 3.05) is 6.61 Å². The first kappa shape index (κ1) is 13.2. The molecule has 0 aliphatic heterocycles. The molecule has 19 heavy (non-hydrogen) atoms. The van der Waals surface area contributed by atoms with Gasteiger partial charge in [-0.15, -0.1) is 0 Å². The van der Waals surface area contributed by atoms with Crippen LogP contribution in [0.2, 0.25) is 5.02 Å². The van der Waals surface area contributed by atoms with Gasteiger partial charge < -0.3 is 10.5 Å². The third kappa shape index (κ3) is 2.46. The number of hydrogen-bond acceptors (Lipinski definition) is 2. The summed E-state index contributed by atoms with van der Waals surface area (Å²) in [4.78, 5) is 0. The monoisotopic (exact) mass is 283 g/mol. The molecule has 0 heterocycles. The molecule has 2 aliphatic carbocycles. The third-order valence-corrected chi connectivity index (χ3v) is 4.65. The van der Waals surface area contributed by atoms with Crippen molar-refractivity contribution in [3.8, 4) is 5.75 Å². The van der Waals surface area contributed by atoms with Gasteiger partial charge in [-0.2, -0.15) is 0 Å². The average Bonchev–Trinajstić information content (AvgIpc) is 3.22. The Morgan fingerprint density at radius 2 is 2.16 bits per heavy atom. The highest BCUT2D eigenvalue weighted by molar-refractivity contribution is 6.32. The number of hydrogen-bond donors (Lipinski definition) is 1. The molecule has 0 bridgehead atoms. The number of ether oxygens (including phenoxy) is 1. The van der Waals surface area contributed by atoms with Gasteiger partial charge in [0.1, 0.15) is 11.6 Å². The standard InChI is InChI=1S/C15H19ClFNO/c1-9(18)15(4-5-15)12-6-11(17)7-13(16)14(12)19-8-10-2-3-10/h6-7,9-10H,2-5,8,18H2,1H3. The lowest BCUT2D eigenvalue weighted by Gasteiger charge is -2.24. The lowest BCUT2D eigenvalue weighted by atomic mass is 9.88. The molecule has 3 rings (SSSR count). The van der Waals surface area contributed by atoms with Gasteiger partial charge in [0.25, 0.3) is 0 Å². The molecule has 1 aromatic rings. The van der Waals surface area contributed by atoms with E-state index in [2.05, 4.69) is 0 Å². The van der Waals surface area contributed by atoms with Gasteiger partial charge in [0.05, 0.1) is 11.6 Å². The third-order valence-electron chi connectivity index (χ3n) is 4.37. The van der Waals surface area contributed by atoms with Crippen molar-refractivity contribution in [2.24, 2.45) is 11.7 Å². The van der Waals surface area contributed by atoms with E-state index in [-0.39, 0.29) is 17.3 Å². The quantitative estimate of drug-likeness (QED) is 0.895. The SMILES string of the molecule is CC(N)C1(c2cc(F)cc(Cl)c2OCC2CC2)CC1. The van der Waals surface area contributed by atoms with Gasteiger partial charge in [-0.1, -0.05) is 11.6 Å². The van der Waals surface area contributed by atoms with Crippen molar-refractivity contribution >= 4 is 11.6 Å². The van der Waals surface area contributed by atoms with E-state index in [1.807, 2.05) is 6.92 Å². The molecule has 2 N–H and O–H groups in total. The summed E-state index contributed by atoms with van der Waals surface area (Å²) < 4.78 is 19.5.